The highest BCUT2D eigenvalue weighted by atomic mass is 35.5. The number of aryl methyl sites for hydroxylation is 1. The first-order valence-electron chi connectivity index (χ1n) is 8.73. The fourth-order valence-electron chi connectivity index (χ4n) is 2.80. The summed E-state index contributed by atoms with van der Waals surface area (Å²) in [5.41, 5.74) is 7.38. The van der Waals surface area contributed by atoms with Crippen molar-refractivity contribution < 1.29 is 9.13 Å². The molecule has 0 amide bonds. The van der Waals surface area contributed by atoms with Gasteiger partial charge < -0.3 is 10.5 Å². The molecule has 0 saturated heterocycles. The van der Waals surface area contributed by atoms with Crippen molar-refractivity contribution in [2.24, 2.45) is 12.8 Å². The Labute approximate surface area is 161 Å². The molecule has 0 aliphatic heterocycles. The van der Waals surface area contributed by atoms with Gasteiger partial charge in [0.2, 0.25) is 5.88 Å². The van der Waals surface area contributed by atoms with E-state index in [0.29, 0.717) is 39.5 Å². The molecule has 4 rings (SSSR count). The summed E-state index contributed by atoms with van der Waals surface area (Å²) in [4.78, 5) is 8.53. The molecule has 1 aliphatic rings. The zero-order chi connectivity index (χ0) is 19.0. The first kappa shape index (κ1) is 17.9. The largest absolute Gasteiger partial charge is 0.438 e. The van der Waals surface area contributed by atoms with Gasteiger partial charge in [-0.05, 0) is 25.0 Å². The van der Waals surface area contributed by atoms with E-state index in [1.807, 2.05) is 13.1 Å². The summed E-state index contributed by atoms with van der Waals surface area (Å²) in [6.07, 6.45) is 3.92. The topological polar surface area (TPSA) is 78.8 Å². The van der Waals surface area contributed by atoms with Crippen molar-refractivity contribution in [1.29, 1.82) is 0 Å². The van der Waals surface area contributed by atoms with Gasteiger partial charge >= 0.3 is 0 Å². The second-order valence-electron chi connectivity index (χ2n) is 6.59. The lowest BCUT2D eigenvalue weighted by atomic mass is 10.1. The molecule has 0 bridgehead atoms. The molecule has 3 aromatic rings. The Bertz CT molecular complexity index is 955. The van der Waals surface area contributed by atoms with E-state index in [9.17, 15) is 4.39 Å². The molecule has 0 spiro atoms. The standard InChI is InChI=1S/C19H19ClFN5O/c1-26-18(7-16(25-26)11-2-3-11)27-17-6-13(20)4-5-14(17)19-23-9-12(10-24-19)15(21)8-22/h4-7,9-11,15H,2-3,8,22H2,1H3. The predicted octanol–water partition coefficient (Wildman–Crippen LogP) is 4.17. The van der Waals surface area contributed by atoms with Crippen molar-refractivity contribution in [3.63, 3.8) is 0 Å². The maximum atomic E-state index is 13.7. The molecule has 1 fully saturated rings. The lowest BCUT2D eigenvalue weighted by Crippen LogP contribution is -2.08. The summed E-state index contributed by atoms with van der Waals surface area (Å²) in [5, 5.41) is 5.04. The van der Waals surface area contributed by atoms with Crippen molar-refractivity contribution in [3.8, 4) is 23.0 Å². The van der Waals surface area contributed by atoms with Crippen molar-refractivity contribution in [3.05, 3.63) is 52.9 Å². The predicted molar refractivity (Wildman–Crippen MR) is 101 cm³/mol. The maximum absolute atomic E-state index is 13.7. The van der Waals surface area contributed by atoms with E-state index in [1.165, 1.54) is 12.4 Å². The van der Waals surface area contributed by atoms with E-state index < -0.39 is 6.17 Å². The van der Waals surface area contributed by atoms with Gasteiger partial charge in [-0.2, -0.15) is 5.10 Å². The highest BCUT2D eigenvalue weighted by molar-refractivity contribution is 6.30. The quantitative estimate of drug-likeness (QED) is 0.686. The first-order chi connectivity index (χ1) is 13.0. The lowest BCUT2D eigenvalue weighted by Gasteiger charge is -2.11. The van der Waals surface area contributed by atoms with E-state index in [0.717, 1.165) is 18.5 Å². The smallest absolute Gasteiger partial charge is 0.217 e. The first-order valence-corrected chi connectivity index (χ1v) is 9.10. The second-order valence-corrected chi connectivity index (χ2v) is 7.03. The third-order valence-corrected chi connectivity index (χ3v) is 4.73. The zero-order valence-electron chi connectivity index (χ0n) is 14.8. The molecule has 1 unspecified atom stereocenters. The van der Waals surface area contributed by atoms with Gasteiger partial charge in [-0.25, -0.2) is 19.0 Å². The average molecular weight is 388 g/mol. The summed E-state index contributed by atoms with van der Waals surface area (Å²) in [7, 11) is 1.84. The van der Waals surface area contributed by atoms with Crippen LogP contribution in [0, 0.1) is 0 Å². The fourth-order valence-corrected chi connectivity index (χ4v) is 2.96. The minimum absolute atomic E-state index is 0.109. The van der Waals surface area contributed by atoms with Crippen molar-refractivity contribution in [1.82, 2.24) is 19.7 Å². The normalized spacial score (nSPS) is 15.0. The van der Waals surface area contributed by atoms with Crippen LogP contribution in [0.2, 0.25) is 5.02 Å². The van der Waals surface area contributed by atoms with Crippen LogP contribution in [0.25, 0.3) is 11.4 Å². The minimum atomic E-state index is -1.28. The van der Waals surface area contributed by atoms with E-state index >= 15 is 0 Å². The van der Waals surface area contributed by atoms with Crippen LogP contribution < -0.4 is 10.5 Å². The van der Waals surface area contributed by atoms with Crippen LogP contribution >= 0.6 is 11.6 Å². The molecule has 1 atom stereocenters. The number of hydrogen-bond donors (Lipinski definition) is 1. The number of alkyl halides is 1. The highest BCUT2D eigenvalue weighted by Crippen LogP contribution is 2.41. The van der Waals surface area contributed by atoms with Crippen LogP contribution in [0.4, 0.5) is 4.39 Å². The molecule has 0 radical (unpaired) electrons. The SMILES string of the molecule is Cn1nc(C2CC2)cc1Oc1cc(Cl)ccc1-c1ncc(C(F)CN)cn1. The van der Waals surface area contributed by atoms with Gasteiger partial charge in [-0.15, -0.1) is 0 Å². The Morgan fingerprint density at radius 1 is 1.30 bits per heavy atom. The van der Waals surface area contributed by atoms with Crippen LogP contribution in [0.1, 0.15) is 36.2 Å². The van der Waals surface area contributed by atoms with Crippen molar-refractivity contribution >= 4 is 11.6 Å². The van der Waals surface area contributed by atoms with Gasteiger partial charge in [0.05, 0.1) is 11.3 Å². The molecule has 6 nitrogen and oxygen atoms in total. The monoisotopic (exact) mass is 387 g/mol. The number of ether oxygens (including phenoxy) is 1. The third-order valence-electron chi connectivity index (χ3n) is 4.49. The minimum Gasteiger partial charge on any atom is -0.438 e. The van der Waals surface area contributed by atoms with E-state index in [-0.39, 0.29) is 6.54 Å². The summed E-state index contributed by atoms with van der Waals surface area (Å²) >= 11 is 6.15. The highest BCUT2D eigenvalue weighted by Gasteiger charge is 2.27. The maximum Gasteiger partial charge on any atom is 0.217 e. The molecular formula is C19H19ClFN5O. The van der Waals surface area contributed by atoms with Crippen LogP contribution in [0.3, 0.4) is 0 Å². The molecule has 1 saturated carbocycles. The number of halogens is 2. The fraction of sp³-hybridized carbons (Fsp3) is 0.316. The molecule has 2 aromatic heterocycles. The number of benzene rings is 1. The Balaban J connectivity index is 1.66. The number of aromatic nitrogens is 4. The van der Waals surface area contributed by atoms with E-state index in [2.05, 4.69) is 15.1 Å². The molecule has 8 heteroatoms. The van der Waals surface area contributed by atoms with E-state index in [4.69, 9.17) is 22.1 Å². The molecule has 1 aromatic carbocycles. The van der Waals surface area contributed by atoms with Crippen LogP contribution in [0.5, 0.6) is 11.6 Å². The van der Waals surface area contributed by atoms with Crippen LogP contribution in [-0.4, -0.2) is 26.3 Å². The Morgan fingerprint density at radius 3 is 2.70 bits per heavy atom. The summed E-state index contributed by atoms with van der Waals surface area (Å²) in [6.45, 7) is -0.109. The summed E-state index contributed by atoms with van der Waals surface area (Å²) in [6, 6.07) is 7.16. The van der Waals surface area contributed by atoms with Crippen molar-refractivity contribution in [2.75, 3.05) is 6.54 Å². The van der Waals surface area contributed by atoms with Gasteiger partial charge in [0, 0.05) is 54.6 Å². The molecule has 1 aliphatic carbocycles. The van der Waals surface area contributed by atoms with Crippen LogP contribution in [-0.2, 0) is 7.05 Å². The van der Waals surface area contributed by atoms with E-state index in [1.54, 1.807) is 22.9 Å². The van der Waals surface area contributed by atoms with Crippen LogP contribution in [0.15, 0.2) is 36.7 Å². The van der Waals surface area contributed by atoms with Gasteiger partial charge in [-0.1, -0.05) is 11.6 Å². The second kappa shape index (κ2) is 7.25. The molecular weight excluding hydrogens is 369 g/mol. The Morgan fingerprint density at radius 2 is 2.04 bits per heavy atom. The van der Waals surface area contributed by atoms with Gasteiger partial charge in [0.1, 0.15) is 11.9 Å². The molecule has 2 N–H and O–H groups in total. The Kier molecular flexibility index (Phi) is 4.80. The summed E-state index contributed by atoms with van der Waals surface area (Å²) in [5.74, 6) is 2.07. The number of nitrogens with two attached hydrogens (primary N) is 1. The average Bonchev–Trinajstić information content (AvgIpc) is 3.46. The lowest BCUT2D eigenvalue weighted by molar-refractivity contribution is 0.351. The molecule has 140 valence electrons. The third kappa shape index (κ3) is 3.79. The molecule has 2 heterocycles. The summed E-state index contributed by atoms with van der Waals surface area (Å²) < 4.78 is 21.5. The zero-order valence-corrected chi connectivity index (χ0v) is 15.5. The van der Waals surface area contributed by atoms with Crippen molar-refractivity contribution in [2.45, 2.75) is 24.9 Å². The number of rotatable bonds is 6. The molecule has 27 heavy (non-hydrogen) atoms. The van der Waals surface area contributed by atoms with Gasteiger partial charge in [-0.3, -0.25) is 0 Å². The number of hydrogen-bond acceptors (Lipinski definition) is 5. The number of nitrogens with zero attached hydrogens (tertiary/aromatic N) is 4. The van der Waals surface area contributed by atoms with Gasteiger partial charge in [0.25, 0.3) is 0 Å². The van der Waals surface area contributed by atoms with Gasteiger partial charge in [0.15, 0.2) is 5.82 Å². The Hall–Kier alpha value is -2.51.